The van der Waals surface area contributed by atoms with Crippen molar-refractivity contribution >= 4 is 22.5 Å². The van der Waals surface area contributed by atoms with Gasteiger partial charge in [0.1, 0.15) is 35.8 Å². The van der Waals surface area contributed by atoms with E-state index in [1.54, 1.807) is 0 Å². The van der Waals surface area contributed by atoms with Gasteiger partial charge >= 0.3 is 0 Å². The summed E-state index contributed by atoms with van der Waals surface area (Å²) in [5.41, 5.74) is 4.79. The predicted octanol–water partition coefficient (Wildman–Crippen LogP) is 1.46. The molecule has 0 unspecified atom stereocenters. The lowest BCUT2D eigenvalue weighted by Gasteiger charge is -2.12. The van der Waals surface area contributed by atoms with Crippen molar-refractivity contribution in [2.45, 2.75) is 19.8 Å². The molecule has 0 radical (unpaired) electrons. The highest BCUT2D eigenvalue weighted by Crippen LogP contribution is 2.25. The quantitative estimate of drug-likeness (QED) is 0.623. The number of pyridine rings is 1. The molecule has 0 fully saturated rings. The maximum atomic E-state index is 9.72. The highest BCUT2D eigenvalue weighted by atomic mass is 15.1. The van der Waals surface area contributed by atoms with E-state index in [-0.39, 0.29) is 5.92 Å². The molecule has 3 aromatic rings. The molecular formula is C19H25N5+2. The summed E-state index contributed by atoms with van der Waals surface area (Å²) in [5.74, 6) is 1.32. The van der Waals surface area contributed by atoms with Crippen LogP contribution in [0, 0.1) is 11.3 Å². The molecule has 2 heterocycles. The van der Waals surface area contributed by atoms with Gasteiger partial charge in [0.2, 0.25) is 11.5 Å². The maximum Gasteiger partial charge on any atom is 0.250 e. The highest BCUT2D eigenvalue weighted by Gasteiger charge is 2.22. The first-order valence-corrected chi connectivity index (χ1v) is 8.45. The Balaban J connectivity index is 2.25. The number of anilines is 1. The van der Waals surface area contributed by atoms with Crippen molar-refractivity contribution in [2.24, 2.45) is 0 Å². The van der Waals surface area contributed by atoms with Gasteiger partial charge in [0.25, 0.3) is 0 Å². The number of nitrogens with one attached hydrogen (secondary N) is 3. The Morgan fingerprint density at radius 2 is 2.04 bits per heavy atom. The van der Waals surface area contributed by atoms with Gasteiger partial charge in [-0.15, -0.1) is 0 Å². The molecular weight excluding hydrogens is 298 g/mol. The van der Waals surface area contributed by atoms with Crippen LogP contribution in [-0.4, -0.2) is 32.2 Å². The number of aromatic amines is 1. The summed E-state index contributed by atoms with van der Waals surface area (Å²) in [7, 11) is 4.29. The number of imidazole rings is 1. The zero-order valence-electron chi connectivity index (χ0n) is 14.8. The van der Waals surface area contributed by atoms with Crippen LogP contribution in [0.25, 0.3) is 16.7 Å². The van der Waals surface area contributed by atoms with Crippen LogP contribution in [0.3, 0.4) is 0 Å². The number of hydrogen-bond acceptors (Lipinski definition) is 2. The first-order valence-electron chi connectivity index (χ1n) is 8.45. The first kappa shape index (κ1) is 16.3. The highest BCUT2D eigenvalue weighted by molar-refractivity contribution is 5.77. The van der Waals surface area contributed by atoms with Crippen molar-refractivity contribution in [2.75, 3.05) is 32.5 Å². The Bertz CT molecular complexity index is 915. The van der Waals surface area contributed by atoms with Gasteiger partial charge in [0.05, 0.1) is 14.1 Å². The average molecular weight is 323 g/mol. The number of quaternary nitrogens is 1. The Hall–Kier alpha value is -2.58. The molecule has 0 atom stereocenters. The fourth-order valence-electron chi connectivity index (χ4n) is 3.07. The van der Waals surface area contributed by atoms with Crippen LogP contribution in [0.4, 0.5) is 5.82 Å². The largest absolute Gasteiger partial charge is 0.337 e. The second-order valence-corrected chi connectivity index (χ2v) is 6.84. The summed E-state index contributed by atoms with van der Waals surface area (Å²) in [6.45, 7) is 6.17. The third kappa shape index (κ3) is 2.81. The van der Waals surface area contributed by atoms with Gasteiger partial charge in [-0.25, -0.2) is 0 Å². The van der Waals surface area contributed by atoms with Crippen molar-refractivity contribution in [3.8, 4) is 6.07 Å². The Labute approximate surface area is 142 Å². The molecule has 3 rings (SSSR count). The summed E-state index contributed by atoms with van der Waals surface area (Å²) in [6, 6.07) is 12.7. The zero-order valence-corrected chi connectivity index (χ0v) is 14.8. The van der Waals surface area contributed by atoms with E-state index in [0.29, 0.717) is 0 Å². The summed E-state index contributed by atoms with van der Waals surface area (Å²) in [6.07, 6.45) is 0. The maximum absolute atomic E-state index is 9.72. The van der Waals surface area contributed by atoms with Gasteiger partial charge in [-0.2, -0.15) is 9.66 Å². The molecule has 24 heavy (non-hydrogen) atoms. The minimum atomic E-state index is 0.288. The lowest BCUT2D eigenvalue weighted by atomic mass is 9.99. The topological polar surface area (TPSA) is 60.1 Å². The SMILES string of the molecule is CC(C)c1cc(NCC[NH+](C)C)[n+]2c([nH]c3ccccc32)c1C#N. The average Bonchev–Trinajstić information content (AvgIpc) is 2.93. The van der Waals surface area contributed by atoms with Crippen LogP contribution in [-0.2, 0) is 0 Å². The van der Waals surface area contributed by atoms with Crippen LogP contribution < -0.4 is 14.6 Å². The minimum Gasteiger partial charge on any atom is -0.337 e. The van der Waals surface area contributed by atoms with E-state index in [4.69, 9.17) is 0 Å². The molecule has 124 valence electrons. The number of nitrogens with zero attached hydrogens (tertiary/aromatic N) is 2. The number of likely N-dealkylation sites (N-methyl/N-ethyl adjacent to an activating group) is 1. The lowest BCUT2D eigenvalue weighted by Crippen LogP contribution is -3.06. The summed E-state index contributed by atoms with van der Waals surface area (Å²) in [5, 5.41) is 13.3. The van der Waals surface area contributed by atoms with Crippen LogP contribution in [0.5, 0.6) is 0 Å². The molecule has 0 spiro atoms. The summed E-state index contributed by atoms with van der Waals surface area (Å²) < 4.78 is 2.13. The van der Waals surface area contributed by atoms with Crippen LogP contribution in [0.2, 0.25) is 0 Å². The standard InChI is InChI=1S/C19H23N5/c1-13(2)14-11-18(21-9-10-23(3)4)24-17-8-6-5-7-16(17)22-19(24)15(14)12-20/h5-8,11,13H,9-10H2,1-4H3,(H,21,22)/p+2. The number of benzene rings is 1. The van der Waals surface area contributed by atoms with Gasteiger partial charge in [-0.3, -0.25) is 10.3 Å². The lowest BCUT2D eigenvalue weighted by molar-refractivity contribution is -0.856. The second-order valence-electron chi connectivity index (χ2n) is 6.84. The van der Waals surface area contributed by atoms with Gasteiger partial charge in [0.15, 0.2) is 0 Å². The Morgan fingerprint density at radius 1 is 1.29 bits per heavy atom. The van der Waals surface area contributed by atoms with Crippen molar-refractivity contribution in [3.63, 3.8) is 0 Å². The molecule has 0 aliphatic carbocycles. The van der Waals surface area contributed by atoms with Gasteiger partial charge in [-0.05, 0) is 23.6 Å². The normalized spacial score (nSPS) is 11.5. The number of aromatic nitrogens is 2. The van der Waals surface area contributed by atoms with Crippen molar-refractivity contribution < 1.29 is 9.30 Å². The molecule has 5 nitrogen and oxygen atoms in total. The summed E-state index contributed by atoms with van der Waals surface area (Å²) in [4.78, 5) is 4.83. The molecule has 1 aromatic carbocycles. The second kappa shape index (κ2) is 6.50. The van der Waals surface area contributed by atoms with E-state index in [0.717, 1.165) is 46.7 Å². The van der Waals surface area contributed by atoms with Crippen molar-refractivity contribution in [1.82, 2.24) is 4.98 Å². The third-order valence-electron chi connectivity index (χ3n) is 4.35. The van der Waals surface area contributed by atoms with E-state index < -0.39 is 0 Å². The molecule has 0 aliphatic rings. The molecule has 2 aromatic heterocycles. The van der Waals surface area contributed by atoms with Crippen molar-refractivity contribution in [1.29, 1.82) is 5.26 Å². The van der Waals surface area contributed by atoms with E-state index in [9.17, 15) is 5.26 Å². The molecule has 3 N–H and O–H groups in total. The van der Waals surface area contributed by atoms with Crippen LogP contribution in [0.1, 0.15) is 30.9 Å². The number of hydrogen-bond donors (Lipinski definition) is 3. The van der Waals surface area contributed by atoms with Gasteiger partial charge in [0, 0.05) is 6.07 Å². The monoisotopic (exact) mass is 323 g/mol. The van der Waals surface area contributed by atoms with Gasteiger partial charge in [-0.1, -0.05) is 26.0 Å². The predicted molar refractivity (Wildman–Crippen MR) is 96.4 cm³/mol. The number of nitriles is 1. The molecule has 0 saturated heterocycles. The molecule has 0 bridgehead atoms. The Kier molecular flexibility index (Phi) is 4.41. The number of rotatable bonds is 5. The van der Waals surface area contributed by atoms with E-state index in [1.807, 2.05) is 18.2 Å². The van der Waals surface area contributed by atoms with Crippen molar-refractivity contribution in [3.05, 3.63) is 41.5 Å². The fourth-order valence-corrected chi connectivity index (χ4v) is 3.07. The summed E-state index contributed by atoms with van der Waals surface area (Å²) >= 11 is 0. The number of H-pyrrole nitrogens is 1. The van der Waals surface area contributed by atoms with E-state index in [2.05, 4.69) is 60.8 Å². The smallest absolute Gasteiger partial charge is 0.250 e. The zero-order chi connectivity index (χ0) is 17.3. The molecule has 0 amide bonds. The van der Waals surface area contributed by atoms with E-state index in [1.165, 1.54) is 4.90 Å². The number of para-hydroxylation sites is 2. The minimum absolute atomic E-state index is 0.288. The molecule has 0 aliphatic heterocycles. The number of fused-ring (bicyclic) bond motifs is 3. The Morgan fingerprint density at radius 3 is 2.71 bits per heavy atom. The fraction of sp³-hybridized carbons (Fsp3) is 0.368. The first-order chi connectivity index (χ1) is 11.5. The van der Waals surface area contributed by atoms with Crippen LogP contribution in [0.15, 0.2) is 30.3 Å². The van der Waals surface area contributed by atoms with E-state index >= 15 is 0 Å². The van der Waals surface area contributed by atoms with Crippen LogP contribution >= 0.6 is 0 Å². The third-order valence-corrected chi connectivity index (χ3v) is 4.35. The van der Waals surface area contributed by atoms with Gasteiger partial charge < -0.3 is 4.90 Å². The molecule has 0 saturated carbocycles. The molecule has 5 heteroatoms.